The molecule has 100 valence electrons. The lowest BCUT2D eigenvalue weighted by Gasteiger charge is -2.09. The number of nitrogens with one attached hydrogen (secondary N) is 2. The van der Waals surface area contributed by atoms with Crippen molar-refractivity contribution in [1.82, 2.24) is 15.3 Å². The molecule has 0 aliphatic rings. The van der Waals surface area contributed by atoms with Gasteiger partial charge in [0.15, 0.2) is 5.16 Å². The topological polar surface area (TPSA) is 57.8 Å². The lowest BCUT2D eigenvalue weighted by atomic mass is 10.2. The fraction of sp³-hybridized carbons (Fsp3) is 0.231. The van der Waals surface area contributed by atoms with Gasteiger partial charge in [-0.3, -0.25) is 4.79 Å². The summed E-state index contributed by atoms with van der Waals surface area (Å²) in [5.74, 6) is 0. The number of rotatable bonds is 4. The molecule has 0 spiro atoms. The number of halogens is 1. The van der Waals surface area contributed by atoms with E-state index in [1.165, 1.54) is 17.8 Å². The number of H-pyrrole nitrogens is 1. The van der Waals surface area contributed by atoms with E-state index in [4.69, 9.17) is 0 Å². The molecular weight excluding hydrogens is 326 g/mol. The first-order valence-electron chi connectivity index (χ1n) is 5.77. The van der Waals surface area contributed by atoms with Crippen LogP contribution in [0.3, 0.4) is 0 Å². The van der Waals surface area contributed by atoms with Crippen molar-refractivity contribution in [1.29, 1.82) is 0 Å². The average molecular weight is 340 g/mol. The number of benzene rings is 1. The molecule has 2 aromatic rings. The lowest BCUT2D eigenvalue weighted by molar-refractivity contribution is 0.801. The second-order valence-electron chi connectivity index (χ2n) is 4.08. The van der Waals surface area contributed by atoms with Crippen molar-refractivity contribution in [2.75, 3.05) is 7.05 Å². The number of aromatic amines is 1. The van der Waals surface area contributed by atoms with Crippen LogP contribution in [0.5, 0.6) is 0 Å². The minimum absolute atomic E-state index is 0.123. The summed E-state index contributed by atoms with van der Waals surface area (Å²) in [6.07, 6.45) is 0. The molecule has 6 heteroatoms. The Morgan fingerprint density at radius 2 is 2.21 bits per heavy atom. The van der Waals surface area contributed by atoms with Crippen molar-refractivity contribution in [3.8, 4) is 0 Å². The first kappa shape index (κ1) is 14.3. The molecule has 0 aliphatic heterocycles. The van der Waals surface area contributed by atoms with E-state index >= 15 is 0 Å². The average Bonchev–Trinajstić information content (AvgIpc) is 2.32. The summed E-state index contributed by atoms with van der Waals surface area (Å²) in [6, 6.07) is 7.55. The highest BCUT2D eigenvalue weighted by Gasteiger charge is 2.07. The van der Waals surface area contributed by atoms with Crippen molar-refractivity contribution in [3.63, 3.8) is 0 Å². The van der Waals surface area contributed by atoms with Gasteiger partial charge in [-0.05, 0) is 37.7 Å². The molecule has 1 heterocycles. The summed E-state index contributed by atoms with van der Waals surface area (Å²) in [7, 11) is 1.90. The van der Waals surface area contributed by atoms with Crippen LogP contribution in [0.15, 0.2) is 43.6 Å². The Morgan fingerprint density at radius 1 is 1.42 bits per heavy atom. The van der Waals surface area contributed by atoms with E-state index in [9.17, 15) is 4.79 Å². The molecule has 2 rings (SSSR count). The SMILES string of the molecule is CNCc1cc(Br)ccc1Sc1nc(C)cc(=O)[nH]1. The van der Waals surface area contributed by atoms with E-state index in [2.05, 4.69) is 37.3 Å². The zero-order valence-electron chi connectivity index (χ0n) is 10.7. The van der Waals surface area contributed by atoms with Gasteiger partial charge in [0.2, 0.25) is 0 Å². The van der Waals surface area contributed by atoms with Gasteiger partial charge < -0.3 is 10.3 Å². The van der Waals surface area contributed by atoms with Crippen LogP contribution in [-0.4, -0.2) is 17.0 Å². The van der Waals surface area contributed by atoms with Gasteiger partial charge in [0.25, 0.3) is 5.56 Å². The van der Waals surface area contributed by atoms with Gasteiger partial charge in [0.1, 0.15) is 0 Å². The maximum absolute atomic E-state index is 11.4. The maximum atomic E-state index is 11.4. The number of hydrogen-bond donors (Lipinski definition) is 2. The Kier molecular flexibility index (Phi) is 4.79. The number of nitrogens with zero attached hydrogens (tertiary/aromatic N) is 1. The monoisotopic (exact) mass is 339 g/mol. The van der Waals surface area contributed by atoms with Gasteiger partial charge in [-0.15, -0.1) is 0 Å². The van der Waals surface area contributed by atoms with Crippen LogP contribution < -0.4 is 10.9 Å². The second-order valence-corrected chi connectivity index (χ2v) is 6.02. The van der Waals surface area contributed by atoms with Crippen LogP contribution in [0.25, 0.3) is 0 Å². The predicted molar refractivity (Wildman–Crippen MR) is 80.6 cm³/mol. The molecule has 4 nitrogen and oxygen atoms in total. The predicted octanol–water partition coefficient (Wildman–Crippen LogP) is 2.71. The maximum Gasteiger partial charge on any atom is 0.251 e. The molecular formula is C13H14BrN3OS. The summed E-state index contributed by atoms with van der Waals surface area (Å²) < 4.78 is 1.03. The van der Waals surface area contributed by atoms with E-state index in [0.717, 1.165) is 27.2 Å². The van der Waals surface area contributed by atoms with Crippen LogP contribution >= 0.6 is 27.7 Å². The Balaban J connectivity index is 2.34. The molecule has 1 aromatic heterocycles. The fourth-order valence-corrected chi connectivity index (χ4v) is 3.04. The molecule has 0 atom stereocenters. The van der Waals surface area contributed by atoms with Crippen molar-refractivity contribution >= 4 is 27.7 Å². The third-order valence-electron chi connectivity index (χ3n) is 2.44. The Morgan fingerprint density at radius 3 is 2.89 bits per heavy atom. The standard InChI is InChI=1S/C13H14BrN3OS/c1-8-5-12(18)17-13(16-8)19-11-4-3-10(14)6-9(11)7-15-2/h3-6,15H,7H2,1-2H3,(H,16,17,18). The largest absolute Gasteiger partial charge is 0.316 e. The third kappa shape index (κ3) is 3.92. The summed E-state index contributed by atoms with van der Waals surface area (Å²) in [6.45, 7) is 2.58. The quantitative estimate of drug-likeness (QED) is 0.841. The van der Waals surface area contributed by atoms with Gasteiger partial charge >= 0.3 is 0 Å². The minimum atomic E-state index is -0.123. The van der Waals surface area contributed by atoms with E-state index in [-0.39, 0.29) is 5.56 Å². The summed E-state index contributed by atoms with van der Waals surface area (Å²) in [5.41, 5.74) is 1.76. The molecule has 0 amide bonds. The van der Waals surface area contributed by atoms with Crippen LogP contribution in [-0.2, 0) is 6.54 Å². The minimum Gasteiger partial charge on any atom is -0.316 e. The molecule has 0 radical (unpaired) electrons. The number of hydrogen-bond acceptors (Lipinski definition) is 4. The number of aromatic nitrogens is 2. The van der Waals surface area contributed by atoms with E-state index in [1.54, 1.807) is 0 Å². The Bertz CT molecular complexity index is 642. The van der Waals surface area contributed by atoms with Gasteiger partial charge in [0, 0.05) is 27.7 Å². The lowest BCUT2D eigenvalue weighted by Crippen LogP contribution is -2.09. The zero-order chi connectivity index (χ0) is 13.8. The van der Waals surface area contributed by atoms with Crippen molar-refractivity contribution < 1.29 is 0 Å². The fourth-order valence-electron chi connectivity index (χ4n) is 1.68. The van der Waals surface area contributed by atoms with Gasteiger partial charge in [-0.2, -0.15) is 0 Å². The molecule has 0 unspecified atom stereocenters. The Labute approximate surface area is 124 Å². The van der Waals surface area contributed by atoms with Gasteiger partial charge in [-0.25, -0.2) is 4.98 Å². The van der Waals surface area contributed by atoms with Crippen LogP contribution in [0.4, 0.5) is 0 Å². The molecule has 0 saturated heterocycles. The van der Waals surface area contributed by atoms with Crippen molar-refractivity contribution in [2.45, 2.75) is 23.5 Å². The molecule has 0 fully saturated rings. The summed E-state index contributed by atoms with van der Waals surface area (Å²) in [4.78, 5) is 19.6. The Hall–Kier alpha value is -1.11. The first-order chi connectivity index (χ1) is 9.08. The highest BCUT2D eigenvalue weighted by atomic mass is 79.9. The van der Waals surface area contributed by atoms with Crippen LogP contribution in [0.1, 0.15) is 11.3 Å². The number of aryl methyl sites for hydroxylation is 1. The zero-order valence-corrected chi connectivity index (χ0v) is 13.1. The van der Waals surface area contributed by atoms with Crippen molar-refractivity contribution in [3.05, 3.63) is 50.3 Å². The van der Waals surface area contributed by atoms with E-state index in [0.29, 0.717) is 5.16 Å². The highest BCUT2D eigenvalue weighted by molar-refractivity contribution is 9.10. The molecule has 19 heavy (non-hydrogen) atoms. The molecule has 2 N–H and O–H groups in total. The van der Waals surface area contributed by atoms with Gasteiger partial charge in [0.05, 0.1) is 0 Å². The first-order valence-corrected chi connectivity index (χ1v) is 7.38. The normalized spacial score (nSPS) is 10.7. The second kappa shape index (κ2) is 6.36. The van der Waals surface area contributed by atoms with E-state index in [1.807, 2.05) is 26.1 Å². The summed E-state index contributed by atoms with van der Waals surface area (Å²) >= 11 is 4.93. The third-order valence-corrected chi connectivity index (χ3v) is 3.94. The highest BCUT2D eigenvalue weighted by Crippen LogP contribution is 2.29. The van der Waals surface area contributed by atoms with Crippen molar-refractivity contribution in [2.24, 2.45) is 0 Å². The molecule has 0 saturated carbocycles. The van der Waals surface area contributed by atoms with E-state index < -0.39 is 0 Å². The summed E-state index contributed by atoms with van der Waals surface area (Å²) in [5, 5.41) is 3.75. The smallest absolute Gasteiger partial charge is 0.251 e. The molecule has 1 aromatic carbocycles. The molecule has 0 bridgehead atoms. The molecule has 0 aliphatic carbocycles. The van der Waals surface area contributed by atoms with Gasteiger partial charge in [-0.1, -0.05) is 27.7 Å². The van der Waals surface area contributed by atoms with Crippen LogP contribution in [0, 0.1) is 6.92 Å². The van der Waals surface area contributed by atoms with Crippen LogP contribution in [0.2, 0.25) is 0 Å².